The fraction of sp³-hybridized carbons (Fsp3) is 0.667. The van der Waals surface area contributed by atoms with Crippen LogP contribution in [0.5, 0.6) is 0 Å². The predicted octanol–water partition coefficient (Wildman–Crippen LogP) is 1.55. The van der Waals surface area contributed by atoms with Crippen molar-refractivity contribution in [3.05, 3.63) is 24.2 Å². The van der Waals surface area contributed by atoms with Gasteiger partial charge in [0, 0.05) is 25.6 Å². The number of furan rings is 1. The smallest absolute Gasteiger partial charge is 0.103 e. The summed E-state index contributed by atoms with van der Waals surface area (Å²) < 4.78 is 5.26. The maximum absolute atomic E-state index is 5.26. The zero-order valence-corrected chi connectivity index (χ0v) is 9.17. The molecular formula is C12H20N2O. The van der Waals surface area contributed by atoms with E-state index in [2.05, 4.69) is 10.6 Å². The van der Waals surface area contributed by atoms with E-state index < -0.39 is 0 Å². The number of hydrogen-bond donors (Lipinski definition) is 2. The topological polar surface area (TPSA) is 37.2 Å². The summed E-state index contributed by atoms with van der Waals surface area (Å²) >= 11 is 0. The van der Waals surface area contributed by atoms with Gasteiger partial charge in [0.05, 0.1) is 6.26 Å². The lowest BCUT2D eigenvalue weighted by Gasteiger charge is -2.04. The van der Waals surface area contributed by atoms with E-state index in [4.69, 9.17) is 4.42 Å². The Bertz CT molecular complexity index is 255. The molecule has 1 aliphatic rings. The molecule has 0 bridgehead atoms. The molecule has 15 heavy (non-hydrogen) atoms. The minimum atomic E-state index is 0.829. The Hall–Kier alpha value is -0.800. The minimum absolute atomic E-state index is 0.829. The van der Waals surface area contributed by atoms with Crippen LogP contribution in [0.3, 0.4) is 0 Å². The lowest BCUT2D eigenvalue weighted by molar-refractivity contribution is 0.494. The van der Waals surface area contributed by atoms with Gasteiger partial charge in [0.2, 0.25) is 0 Å². The average Bonchev–Trinajstić information content (AvgIpc) is 2.92. The molecule has 1 aromatic rings. The van der Waals surface area contributed by atoms with Crippen LogP contribution in [0, 0.1) is 0 Å². The summed E-state index contributed by atoms with van der Waals surface area (Å²) in [4.78, 5) is 0. The zero-order valence-electron chi connectivity index (χ0n) is 9.17. The van der Waals surface area contributed by atoms with Gasteiger partial charge in [0.1, 0.15) is 5.76 Å². The van der Waals surface area contributed by atoms with Gasteiger partial charge in [0.25, 0.3) is 0 Å². The number of nitrogens with one attached hydrogen (secondary N) is 2. The number of hydrogen-bond acceptors (Lipinski definition) is 3. The van der Waals surface area contributed by atoms with Gasteiger partial charge in [-0.15, -0.1) is 0 Å². The third kappa shape index (κ3) is 4.49. The highest BCUT2D eigenvalue weighted by molar-refractivity contribution is 4.97. The largest absolute Gasteiger partial charge is 0.469 e. The van der Waals surface area contributed by atoms with Crippen molar-refractivity contribution in [2.75, 3.05) is 19.6 Å². The minimum Gasteiger partial charge on any atom is -0.469 e. The van der Waals surface area contributed by atoms with Crippen molar-refractivity contribution in [2.45, 2.75) is 31.7 Å². The van der Waals surface area contributed by atoms with E-state index in [1.807, 2.05) is 12.1 Å². The maximum Gasteiger partial charge on any atom is 0.103 e. The van der Waals surface area contributed by atoms with Crippen LogP contribution in [0.2, 0.25) is 0 Å². The van der Waals surface area contributed by atoms with Crippen molar-refractivity contribution in [1.82, 2.24) is 10.6 Å². The van der Waals surface area contributed by atoms with Crippen molar-refractivity contribution < 1.29 is 4.42 Å². The molecule has 0 saturated heterocycles. The van der Waals surface area contributed by atoms with Crippen molar-refractivity contribution in [3.63, 3.8) is 0 Å². The monoisotopic (exact) mass is 208 g/mol. The van der Waals surface area contributed by atoms with E-state index in [1.54, 1.807) is 6.26 Å². The van der Waals surface area contributed by atoms with Gasteiger partial charge in [-0.05, 0) is 37.9 Å². The summed E-state index contributed by atoms with van der Waals surface area (Å²) in [5.41, 5.74) is 0. The molecule has 0 atom stereocenters. The van der Waals surface area contributed by atoms with E-state index in [0.717, 1.165) is 44.3 Å². The number of rotatable bonds is 8. The highest BCUT2D eigenvalue weighted by atomic mass is 16.3. The molecule has 0 amide bonds. The summed E-state index contributed by atoms with van der Waals surface area (Å²) in [5.74, 6) is 1.09. The first-order valence-corrected chi connectivity index (χ1v) is 5.91. The van der Waals surface area contributed by atoms with Crippen molar-refractivity contribution in [3.8, 4) is 0 Å². The molecule has 2 N–H and O–H groups in total. The summed E-state index contributed by atoms with van der Waals surface area (Å²) in [6, 6.07) is 4.81. The highest BCUT2D eigenvalue weighted by Gasteiger charge is 2.19. The van der Waals surface area contributed by atoms with E-state index >= 15 is 0 Å². The number of aryl methyl sites for hydroxylation is 1. The van der Waals surface area contributed by atoms with Gasteiger partial charge in [0.15, 0.2) is 0 Å². The van der Waals surface area contributed by atoms with Crippen LogP contribution in [0.25, 0.3) is 0 Å². The summed E-state index contributed by atoms with van der Waals surface area (Å²) in [6.07, 6.45) is 6.67. The van der Waals surface area contributed by atoms with Gasteiger partial charge in [-0.3, -0.25) is 0 Å². The Balaban J connectivity index is 1.38. The van der Waals surface area contributed by atoms with Crippen LogP contribution in [0.15, 0.2) is 22.8 Å². The Morgan fingerprint density at radius 1 is 1.27 bits per heavy atom. The molecule has 1 aliphatic carbocycles. The summed E-state index contributed by atoms with van der Waals surface area (Å²) in [5, 5.41) is 6.91. The van der Waals surface area contributed by atoms with Gasteiger partial charge < -0.3 is 15.1 Å². The van der Waals surface area contributed by atoms with Crippen LogP contribution >= 0.6 is 0 Å². The standard InChI is InChI=1S/C12H20N2O/c1(3-12-4-2-10-15-12)7-13-8-9-14-11-5-6-11/h2,4,10-11,13-14H,1,3,5-9H2. The molecule has 1 heterocycles. The molecule has 0 unspecified atom stereocenters. The van der Waals surface area contributed by atoms with E-state index in [0.29, 0.717) is 0 Å². The molecular weight excluding hydrogens is 188 g/mol. The van der Waals surface area contributed by atoms with E-state index in [9.17, 15) is 0 Å². The van der Waals surface area contributed by atoms with Crippen molar-refractivity contribution in [1.29, 1.82) is 0 Å². The lowest BCUT2D eigenvalue weighted by Crippen LogP contribution is -2.29. The van der Waals surface area contributed by atoms with E-state index in [-0.39, 0.29) is 0 Å². The van der Waals surface area contributed by atoms with Crippen LogP contribution < -0.4 is 10.6 Å². The summed E-state index contributed by atoms with van der Waals surface area (Å²) in [6.45, 7) is 3.26. The van der Waals surface area contributed by atoms with Crippen molar-refractivity contribution in [2.24, 2.45) is 0 Å². The first-order valence-electron chi connectivity index (χ1n) is 5.91. The maximum atomic E-state index is 5.26. The van der Waals surface area contributed by atoms with Crippen molar-refractivity contribution >= 4 is 0 Å². The van der Waals surface area contributed by atoms with Crippen LogP contribution in [0.1, 0.15) is 25.0 Å². The second-order valence-electron chi connectivity index (χ2n) is 4.16. The molecule has 3 nitrogen and oxygen atoms in total. The van der Waals surface area contributed by atoms with Crippen LogP contribution in [-0.4, -0.2) is 25.7 Å². The Morgan fingerprint density at radius 2 is 2.20 bits per heavy atom. The fourth-order valence-electron chi connectivity index (χ4n) is 1.62. The molecule has 3 heteroatoms. The highest BCUT2D eigenvalue weighted by Crippen LogP contribution is 2.17. The Kier molecular flexibility index (Phi) is 4.23. The molecule has 84 valence electrons. The second-order valence-corrected chi connectivity index (χ2v) is 4.16. The van der Waals surface area contributed by atoms with Gasteiger partial charge in [-0.2, -0.15) is 0 Å². The second kappa shape index (κ2) is 5.93. The van der Waals surface area contributed by atoms with Crippen LogP contribution in [0.4, 0.5) is 0 Å². The third-order valence-electron chi connectivity index (χ3n) is 2.67. The van der Waals surface area contributed by atoms with Gasteiger partial charge in [-0.25, -0.2) is 0 Å². The Labute approximate surface area is 91.2 Å². The predicted molar refractivity (Wildman–Crippen MR) is 60.9 cm³/mol. The molecule has 0 spiro atoms. The molecule has 0 aromatic carbocycles. The third-order valence-corrected chi connectivity index (χ3v) is 2.67. The molecule has 1 saturated carbocycles. The van der Waals surface area contributed by atoms with Gasteiger partial charge >= 0.3 is 0 Å². The lowest BCUT2D eigenvalue weighted by atomic mass is 10.2. The van der Waals surface area contributed by atoms with Crippen LogP contribution in [-0.2, 0) is 6.42 Å². The Morgan fingerprint density at radius 3 is 2.93 bits per heavy atom. The first kappa shape index (κ1) is 10.7. The SMILES string of the molecule is c1coc(CCCNCCNC2CC2)c1. The average molecular weight is 208 g/mol. The molecule has 0 aliphatic heterocycles. The first-order chi connectivity index (χ1) is 7.45. The zero-order chi connectivity index (χ0) is 10.3. The summed E-state index contributed by atoms with van der Waals surface area (Å²) in [7, 11) is 0. The van der Waals surface area contributed by atoms with Gasteiger partial charge in [-0.1, -0.05) is 0 Å². The molecule has 1 aromatic heterocycles. The normalized spacial score (nSPS) is 15.7. The molecule has 2 rings (SSSR count). The van der Waals surface area contributed by atoms with E-state index in [1.165, 1.54) is 12.8 Å². The molecule has 0 radical (unpaired) electrons. The molecule has 1 fully saturated rings. The quantitative estimate of drug-likeness (QED) is 0.637. The fourth-order valence-corrected chi connectivity index (χ4v) is 1.62.